The molecule has 152 valence electrons. The highest BCUT2D eigenvalue weighted by Gasteiger charge is 2.24. The molecule has 3 aromatic rings. The van der Waals surface area contributed by atoms with Gasteiger partial charge in [-0.15, -0.1) is 5.10 Å². The number of amides is 1. The van der Waals surface area contributed by atoms with Crippen LogP contribution >= 0.6 is 11.8 Å². The highest BCUT2D eigenvalue weighted by molar-refractivity contribution is 7.99. The Labute approximate surface area is 175 Å². The Hall–Kier alpha value is -2.54. The summed E-state index contributed by atoms with van der Waals surface area (Å²) < 4.78 is 7.30. The van der Waals surface area contributed by atoms with Gasteiger partial charge in [0.1, 0.15) is 11.6 Å². The van der Waals surface area contributed by atoms with Gasteiger partial charge in [0.05, 0.1) is 23.7 Å². The number of hydrogen-bond acceptors (Lipinski definition) is 5. The van der Waals surface area contributed by atoms with Crippen molar-refractivity contribution in [3.05, 3.63) is 60.3 Å². The first kappa shape index (κ1) is 19.8. The molecule has 1 amide bonds. The molecule has 1 N–H and O–H groups in total. The van der Waals surface area contributed by atoms with Crippen molar-refractivity contribution in [2.45, 2.75) is 56.1 Å². The molecule has 2 aromatic heterocycles. The molecule has 1 fully saturated rings. The molecule has 0 saturated heterocycles. The Kier molecular flexibility index (Phi) is 6.34. The second kappa shape index (κ2) is 9.31. The Bertz CT molecular complexity index is 918. The molecule has 1 saturated carbocycles. The van der Waals surface area contributed by atoms with Crippen molar-refractivity contribution in [1.82, 2.24) is 20.1 Å². The number of nitrogens with one attached hydrogen (secondary N) is 1. The first-order valence-electron chi connectivity index (χ1n) is 10.2. The molecule has 29 heavy (non-hydrogen) atoms. The fourth-order valence-electron chi connectivity index (χ4n) is 3.77. The van der Waals surface area contributed by atoms with Crippen LogP contribution in [0.15, 0.2) is 58.3 Å². The molecular weight excluding hydrogens is 384 g/mol. The van der Waals surface area contributed by atoms with Crippen molar-refractivity contribution in [3.8, 4) is 5.69 Å². The molecule has 1 aliphatic rings. The van der Waals surface area contributed by atoms with Gasteiger partial charge in [0, 0.05) is 5.92 Å². The van der Waals surface area contributed by atoms with Crippen molar-refractivity contribution in [3.63, 3.8) is 0 Å². The summed E-state index contributed by atoms with van der Waals surface area (Å²) in [4.78, 5) is 17.2. The lowest BCUT2D eigenvalue weighted by Gasteiger charge is -2.21. The lowest BCUT2D eigenvalue weighted by molar-refractivity contribution is -0.119. The lowest BCUT2D eigenvalue weighted by atomic mass is 9.88. The zero-order chi connectivity index (χ0) is 20.1. The smallest absolute Gasteiger partial charge is 0.231 e. The second-order valence-electron chi connectivity index (χ2n) is 7.43. The van der Waals surface area contributed by atoms with Crippen LogP contribution in [-0.2, 0) is 4.79 Å². The Morgan fingerprint density at radius 3 is 2.72 bits per heavy atom. The lowest BCUT2D eigenvalue weighted by Crippen LogP contribution is -2.27. The van der Waals surface area contributed by atoms with Crippen LogP contribution in [0.25, 0.3) is 5.69 Å². The maximum Gasteiger partial charge on any atom is 0.231 e. The largest absolute Gasteiger partial charge is 0.467 e. The Morgan fingerprint density at radius 2 is 2.00 bits per heavy atom. The summed E-state index contributed by atoms with van der Waals surface area (Å²) in [7, 11) is 0. The fraction of sp³-hybridized carbons (Fsp3) is 0.409. The van der Waals surface area contributed by atoms with Crippen LogP contribution in [-0.4, -0.2) is 26.4 Å². The Morgan fingerprint density at radius 1 is 1.21 bits per heavy atom. The minimum Gasteiger partial charge on any atom is -0.467 e. The molecule has 6 nitrogen and oxygen atoms in total. The predicted octanol–water partition coefficient (Wildman–Crippen LogP) is 4.88. The molecule has 1 atom stereocenters. The van der Waals surface area contributed by atoms with Crippen molar-refractivity contribution < 1.29 is 9.21 Å². The van der Waals surface area contributed by atoms with Crippen molar-refractivity contribution >= 4 is 17.7 Å². The van der Waals surface area contributed by atoms with Gasteiger partial charge < -0.3 is 9.73 Å². The third kappa shape index (κ3) is 4.90. The topological polar surface area (TPSA) is 73.0 Å². The van der Waals surface area contributed by atoms with Gasteiger partial charge in [0.25, 0.3) is 0 Å². The van der Waals surface area contributed by atoms with Gasteiger partial charge in [0.2, 0.25) is 11.1 Å². The van der Waals surface area contributed by atoms with Crippen LogP contribution in [0.2, 0.25) is 0 Å². The second-order valence-corrected chi connectivity index (χ2v) is 8.37. The Balaban J connectivity index is 1.46. The maximum atomic E-state index is 12.3. The van der Waals surface area contributed by atoms with E-state index in [9.17, 15) is 4.79 Å². The molecule has 1 aromatic carbocycles. The van der Waals surface area contributed by atoms with Gasteiger partial charge in [-0.2, -0.15) is 0 Å². The zero-order valence-corrected chi connectivity index (χ0v) is 17.4. The number of aromatic nitrogens is 3. The average molecular weight is 411 g/mol. The molecule has 1 aliphatic carbocycles. The van der Waals surface area contributed by atoms with Gasteiger partial charge >= 0.3 is 0 Å². The van der Waals surface area contributed by atoms with Crippen LogP contribution < -0.4 is 5.32 Å². The number of furan rings is 1. The summed E-state index contributed by atoms with van der Waals surface area (Å²) in [6, 6.07) is 13.6. The van der Waals surface area contributed by atoms with Gasteiger partial charge in [-0.3, -0.25) is 4.79 Å². The van der Waals surface area contributed by atoms with E-state index in [1.54, 1.807) is 6.26 Å². The van der Waals surface area contributed by atoms with E-state index in [2.05, 4.69) is 5.32 Å². The first-order chi connectivity index (χ1) is 14.2. The van der Waals surface area contributed by atoms with E-state index >= 15 is 0 Å². The average Bonchev–Trinajstić information content (AvgIpc) is 3.44. The summed E-state index contributed by atoms with van der Waals surface area (Å²) in [6.45, 7) is 1.91. The molecule has 0 bridgehead atoms. The van der Waals surface area contributed by atoms with E-state index in [0.717, 1.165) is 30.1 Å². The number of nitrogens with zero attached hydrogens (tertiary/aromatic N) is 3. The molecule has 0 radical (unpaired) electrons. The molecule has 7 heteroatoms. The number of carbonyl (C=O) groups is 1. The van der Waals surface area contributed by atoms with Crippen LogP contribution in [0.4, 0.5) is 0 Å². The number of carbonyl (C=O) groups excluding carboxylic acids is 1. The SMILES string of the molecule is CC(NC(=O)CSc1nc(C2CCCCC2)n(-c2ccccc2)n1)c1ccco1. The van der Waals surface area contributed by atoms with Crippen molar-refractivity contribution in [2.75, 3.05) is 5.75 Å². The summed E-state index contributed by atoms with van der Waals surface area (Å²) in [5.41, 5.74) is 1.02. The van der Waals surface area contributed by atoms with Gasteiger partial charge in [-0.1, -0.05) is 49.2 Å². The minimum absolute atomic E-state index is 0.0609. The van der Waals surface area contributed by atoms with Gasteiger partial charge in [-0.25, -0.2) is 9.67 Å². The molecule has 0 aliphatic heterocycles. The molecular formula is C22H26N4O2S. The molecule has 1 unspecified atom stereocenters. The van der Waals surface area contributed by atoms with E-state index in [1.807, 2.05) is 54.1 Å². The van der Waals surface area contributed by atoms with E-state index in [4.69, 9.17) is 14.5 Å². The molecule has 2 heterocycles. The zero-order valence-electron chi connectivity index (χ0n) is 16.6. The third-order valence-electron chi connectivity index (χ3n) is 5.26. The summed E-state index contributed by atoms with van der Waals surface area (Å²) >= 11 is 1.38. The van der Waals surface area contributed by atoms with Gasteiger partial charge in [0.15, 0.2) is 0 Å². The van der Waals surface area contributed by atoms with Crippen molar-refractivity contribution in [1.29, 1.82) is 0 Å². The number of benzene rings is 1. The number of hydrogen-bond donors (Lipinski definition) is 1. The summed E-state index contributed by atoms with van der Waals surface area (Å²) in [6.07, 6.45) is 7.68. The predicted molar refractivity (Wildman–Crippen MR) is 113 cm³/mol. The highest BCUT2D eigenvalue weighted by Crippen LogP contribution is 2.33. The van der Waals surface area contributed by atoms with E-state index < -0.39 is 0 Å². The quantitative estimate of drug-likeness (QED) is 0.562. The normalized spacial score (nSPS) is 15.9. The third-order valence-corrected chi connectivity index (χ3v) is 6.10. The highest BCUT2D eigenvalue weighted by atomic mass is 32.2. The minimum atomic E-state index is -0.161. The van der Waals surface area contributed by atoms with Crippen molar-refractivity contribution in [2.24, 2.45) is 0 Å². The maximum absolute atomic E-state index is 12.3. The standard InChI is InChI=1S/C22H26N4O2S/c1-16(19-13-8-14-28-19)23-20(27)15-29-22-24-21(17-9-4-2-5-10-17)26(25-22)18-11-6-3-7-12-18/h3,6-8,11-14,16-17H,2,4-5,9-10,15H2,1H3,(H,23,27). The monoisotopic (exact) mass is 410 g/mol. The first-order valence-corrected chi connectivity index (χ1v) is 11.2. The van der Waals surface area contributed by atoms with Gasteiger partial charge in [-0.05, 0) is 44.0 Å². The van der Waals surface area contributed by atoms with E-state index in [-0.39, 0.29) is 17.7 Å². The van der Waals surface area contributed by atoms with E-state index in [1.165, 1.54) is 31.0 Å². The van der Waals surface area contributed by atoms with E-state index in [0.29, 0.717) is 11.1 Å². The van der Waals surface area contributed by atoms with Crippen LogP contribution in [0.5, 0.6) is 0 Å². The van der Waals surface area contributed by atoms with Crippen LogP contribution in [0.1, 0.15) is 62.6 Å². The number of thioether (sulfide) groups is 1. The number of rotatable bonds is 7. The van der Waals surface area contributed by atoms with Crippen LogP contribution in [0, 0.1) is 0 Å². The summed E-state index contributed by atoms with van der Waals surface area (Å²) in [5, 5.41) is 8.33. The molecule has 4 rings (SSSR count). The molecule has 0 spiro atoms. The summed E-state index contributed by atoms with van der Waals surface area (Å²) in [5.74, 6) is 2.40. The fourth-order valence-corrected chi connectivity index (χ4v) is 4.41. The van der Waals surface area contributed by atoms with Crippen LogP contribution in [0.3, 0.4) is 0 Å². The number of para-hydroxylation sites is 1.